The Morgan fingerprint density at radius 3 is 1.89 bits per heavy atom. The SMILES string of the molecule is Cn1c(C=NO)ccc1C(F)(C(F)(F)F)C(F)(F)F. The van der Waals surface area contributed by atoms with Crippen molar-refractivity contribution in [3.05, 3.63) is 23.5 Å². The van der Waals surface area contributed by atoms with E-state index in [0.717, 1.165) is 13.1 Å². The lowest BCUT2D eigenvalue weighted by Crippen LogP contribution is -2.51. The standard InChI is InChI=1S/C9H7F7N2O/c1-18-5(4-17-19)2-3-6(18)7(10,8(11,12)13)9(14,15)16/h2-4,19H,1H3. The van der Waals surface area contributed by atoms with E-state index in [9.17, 15) is 30.7 Å². The zero-order valence-corrected chi connectivity index (χ0v) is 9.22. The molecule has 1 N–H and O–H groups in total. The molecule has 10 heteroatoms. The normalized spacial score (nSPS) is 14.3. The summed E-state index contributed by atoms with van der Waals surface area (Å²) in [4.78, 5) is 0. The first-order valence-corrected chi connectivity index (χ1v) is 4.62. The van der Waals surface area contributed by atoms with Gasteiger partial charge in [-0.05, 0) is 12.1 Å². The van der Waals surface area contributed by atoms with Crippen molar-refractivity contribution in [2.45, 2.75) is 18.0 Å². The van der Waals surface area contributed by atoms with Crippen LogP contribution in [0.4, 0.5) is 30.7 Å². The van der Waals surface area contributed by atoms with Gasteiger partial charge in [-0.25, -0.2) is 4.39 Å². The summed E-state index contributed by atoms with van der Waals surface area (Å²) < 4.78 is 88.8. The molecule has 0 amide bonds. The minimum Gasteiger partial charge on any atom is -0.411 e. The predicted octanol–water partition coefficient (Wildman–Crippen LogP) is 3.12. The van der Waals surface area contributed by atoms with Crippen LogP contribution in [0.3, 0.4) is 0 Å². The number of oxime groups is 1. The maximum Gasteiger partial charge on any atom is 0.437 e. The molecule has 1 aromatic heterocycles. The van der Waals surface area contributed by atoms with Crippen LogP contribution in [0.2, 0.25) is 0 Å². The van der Waals surface area contributed by atoms with E-state index in [1.54, 1.807) is 0 Å². The maximum absolute atomic E-state index is 13.7. The minimum atomic E-state index is -6.18. The Morgan fingerprint density at radius 1 is 1.05 bits per heavy atom. The smallest absolute Gasteiger partial charge is 0.411 e. The summed E-state index contributed by atoms with van der Waals surface area (Å²) in [5.41, 5.74) is -7.48. The Labute approximate surface area is 101 Å². The van der Waals surface area contributed by atoms with Crippen LogP contribution >= 0.6 is 0 Å². The molecule has 19 heavy (non-hydrogen) atoms. The molecule has 0 radical (unpaired) electrons. The highest BCUT2D eigenvalue weighted by molar-refractivity contribution is 5.77. The zero-order chi connectivity index (χ0) is 15.1. The van der Waals surface area contributed by atoms with Crippen LogP contribution in [-0.4, -0.2) is 28.3 Å². The monoisotopic (exact) mass is 292 g/mol. The van der Waals surface area contributed by atoms with Crippen LogP contribution in [0, 0.1) is 0 Å². The Bertz CT molecular complexity index is 472. The van der Waals surface area contributed by atoms with Crippen LogP contribution in [-0.2, 0) is 12.7 Å². The molecule has 0 saturated heterocycles. The molecule has 0 aliphatic carbocycles. The molecule has 0 fully saturated rings. The Hall–Kier alpha value is -1.74. The molecule has 0 bridgehead atoms. The number of alkyl halides is 7. The lowest BCUT2D eigenvalue weighted by Gasteiger charge is -2.30. The topological polar surface area (TPSA) is 37.5 Å². The lowest BCUT2D eigenvalue weighted by molar-refractivity contribution is -0.350. The van der Waals surface area contributed by atoms with E-state index >= 15 is 0 Å². The predicted molar refractivity (Wildman–Crippen MR) is 49.7 cm³/mol. The van der Waals surface area contributed by atoms with Gasteiger partial charge in [0.25, 0.3) is 0 Å². The van der Waals surface area contributed by atoms with Gasteiger partial charge in [0.2, 0.25) is 0 Å². The van der Waals surface area contributed by atoms with Gasteiger partial charge < -0.3 is 9.77 Å². The van der Waals surface area contributed by atoms with E-state index < -0.39 is 23.7 Å². The third kappa shape index (κ3) is 2.26. The van der Waals surface area contributed by atoms with Gasteiger partial charge in [-0.15, -0.1) is 0 Å². The van der Waals surface area contributed by atoms with Gasteiger partial charge in [0.1, 0.15) is 0 Å². The van der Waals surface area contributed by atoms with Crippen molar-refractivity contribution in [3.63, 3.8) is 0 Å². The van der Waals surface area contributed by atoms with Crippen molar-refractivity contribution in [1.82, 2.24) is 4.57 Å². The number of aromatic nitrogens is 1. The summed E-state index contributed by atoms with van der Waals surface area (Å²) in [5, 5.41) is 10.6. The number of rotatable bonds is 2. The molecule has 1 aromatic rings. The summed E-state index contributed by atoms with van der Waals surface area (Å²) >= 11 is 0. The zero-order valence-electron chi connectivity index (χ0n) is 9.22. The summed E-state index contributed by atoms with van der Waals surface area (Å²) in [6.45, 7) is 0. The van der Waals surface area contributed by atoms with Gasteiger partial charge >= 0.3 is 18.0 Å². The highest BCUT2D eigenvalue weighted by Crippen LogP contribution is 2.53. The van der Waals surface area contributed by atoms with E-state index in [0.29, 0.717) is 16.8 Å². The third-order valence-electron chi connectivity index (χ3n) is 2.48. The molecule has 0 spiro atoms. The first-order valence-electron chi connectivity index (χ1n) is 4.62. The largest absolute Gasteiger partial charge is 0.437 e. The average Bonchev–Trinajstić information content (AvgIpc) is 2.57. The van der Waals surface area contributed by atoms with Crippen molar-refractivity contribution in [3.8, 4) is 0 Å². The molecule has 0 aromatic carbocycles. The molecule has 0 atom stereocenters. The molecule has 0 saturated carbocycles. The van der Waals surface area contributed by atoms with E-state index in [1.807, 2.05) is 0 Å². The number of halogens is 7. The van der Waals surface area contributed by atoms with Crippen molar-refractivity contribution in [1.29, 1.82) is 0 Å². The second-order valence-electron chi connectivity index (χ2n) is 3.60. The van der Waals surface area contributed by atoms with E-state index in [4.69, 9.17) is 5.21 Å². The Kier molecular flexibility index (Phi) is 3.57. The molecule has 1 rings (SSSR count). The van der Waals surface area contributed by atoms with Crippen molar-refractivity contribution >= 4 is 6.21 Å². The van der Waals surface area contributed by atoms with Crippen LogP contribution < -0.4 is 0 Å². The van der Waals surface area contributed by atoms with Crippen molar-refractivity contribution in [2.75, 3.05) is 0 Å². The van der Waals surface area contributed by atoms with Gasteiger partial charge in [-0.1, -0.05) is 5.16 Å². The summed E-state index contributed by atoms with van der Waals surface area (Å²) in [7, 11) is 0.790. The molecule has 0 unspecified atom stereocenters. The second-order valence-corrected chi connectivity index (χ2v) is 3.60. The highest BCUT2D eigenvalue weighted by Gasteiger charge is 2.74. The van der Waals surface area contributed by atoms with Crippen LogP contribution in [0.15, 0.2) is 17.3 Å². The molecule has 1 heterocycles. The molecule has 108 valence electrons. The minimum absolute atomic E-state index is 0.306. The summed E-state index contributed by atoms with van der Waals surface area (Å²) in [5.74, 6) is 0. The Morgan fingerprint density at radius 2 is 1.53 bits per heavy atom. The molecular weight excluding hydrogens is 285 g/mol. The fourth-order valence-corrected chi connectivity index (χ4v) is 1.51. The first-order chi connectivity index (χ1) is 8.46. The molecular formula is C9H7F7N2O. The Balaban J connectivity index is 3.53. The van der Waals surface area contributed by atoms with Gasteiger partial charge in [0.05, 0.1) is 17.6 Å². The second kappa shape index (κ2) is 4.42. The third-order valence-corrected chi connectivity index (χ3v) is 2.48. The fraction of sp³-hybridized carbons (Fsp3) is 0.444. The quantitative estimate of drug-likeness (QED) is 0.387. The first kappa shape index (κ1) is 15.3. The molecule has 3 nitrogen and oxygen atoms in total. The molecule has 0 aliphatic rings. The average molecular weight is 292 g/mol. The van der Waals surface area contributed by atoms with E-state index in [2.05, 4.69) is 5.16 Å². The highest BCUT2D eigenvalue weighted by atomic mass is 19.4. The molecule has 0 aliphatic heterocycles. The van der Waals surface area contributed by atoms with Gasteiger partial charge in [0.15, 0.2) is 0 Å². The lowest BCUT2D eigenvalue weighted by atomic mass is 10.0. The van der Waals surface area contributed by atoms with E-state index in [1.165, 1.54) is 0 Å². The van der Waals surface area contributed by atoms with E-state index in [-0.39, 0.29) is 5.69 Å². The van der Waals surface area contributed by atoms with Gasteiger partial charge in [-0.3, -0.25) is 0 Å². The van der Waals surface area contributed by atoms with Crippen molar-refractivity contribution < 1.29 is 35.9 Å². The van der Waals surface area contributed by atoms with Gasteiger partial charge in [-0.2, -0.15) is 26.3 Å². The number of hydrogen-bond acceptors (Lipinski definition) is 2. The number of nitrogens with zero attached hydrogens (tertiary/aromatic N) is 2. The summed E-state index contributed by atoms with van der Waals surface area (Å²) in [6, 6.07) is 1.10. The summed E-state index contributed by atoms with van der Waals surface area (Å²) in [6.07, 6.45) is -11.8. The van der Waals surface area contributed by atoms with Crippen molar-refractivity contribution in [2.24, 2.45) is 12.2 Å². The van der Waals surface area contributed by atoms with Crippen LogP contribution in [0.5, 0.6) is 0 Å². The fourth-order valence-electron chi connectivity index (χ4n) is 1.51. The van der Waals surface area contributed by atoms with Gasteiger partial charge in [0, 0.05) is 7.05 Å². The van der Waals surface area contributed by atoms with Crippen LogP contribution in [0.25, 0.3) is 0 Å². The van der Waals surface area contributed by atoms with Crippen LogP contribution in [0.1, 0.15) is 11.4 Å². The number of hydrogen-bond donors (Lipinski definition) is 1. The maximum atomic E-state index is 13.7.